The smallest absolute Gasteiger partial charge is 0.269 e. The third kappa shape index (κ3) is 6.84. The number of hydrazine groups is 1. The first kappa shape index (κ1) is 22.5. The lowest BCUT2D eigenvalue weighted by atomic mass is 10.0. The summed E-state index contributed by atoms with van der Waals surface area (Å²) >= 11 is 0. The Kier molecular flexibility index (Phi) is 9.96. The third-order valence-corrected chi connectivity index (χ3v) is 3.30. The molecular weight excluding hydrogens is 322 g/mol. The highest BCUT2D eigenvalue weighted by molar-refractivity contribution is 6.05. The number of amides is 1. The zero-order chi connectivity index (χ0) is 19.6. The van der Waals surface area contributed by atoms with Crippen molar-refractivity contribution in [3.05, 3.63) is 29.3 Å². The van der Waals surface area contributed by atoms with E-state index in [0.29, 0.717) is 6.29 Å². The first-order valence-electron chi connectivity index (χ1n) is 8.12. The van der Waals surface area contributed by atoms with Crippen molar-refractivity contribution in [1.29, 1.82) is 0 Å². The standard InChI is InChI=1S/C15H19N3O4.C3H8/c1-9(20)6-7-14(10(2)21)18(17)15(22)11-4-3-5-13(16)12(11)8-19;1-3-2/h3-5,8,14H,6-7,16-17H2,1-2H3;3H2,1-2H3. The second-order valence-corrected chi connectivity index (χ2v) is 5.71. The molecule has 1 atom stereocenters. The summed E-state index contributed by atoms with van der Waals surface area (Å²) in [5, 5.41) is 0.757. The molecule has 1 aromatic rings. The fourth-order valence-corrected chi connectivity index (χ4v) is 2.06. The molecular formula is C18H27N3O4. The van der Waals surface area contributed by atoms with E-state index in [2.05, 4.69) is 13.8 Å². The van der Waals surface area contributed by atoms with E-state index in [0.717, 1.165) is 5.01 Å². The van der Waals surface area contributed by atoms with Gasteiger partial charge in [-0.2, -0.15) is 0 Å². The Hall–Kier alpha value is -2.54. The molecule has 25 heavy (non-hydrogen) atoms. The molecule has 0 aliphatic rings. The number of anilines is 1. The molecule has 0 heterocycles. The molecule has 7 heteroatoms. The van der Waals surface area contributed by atoms with Gasteiger partial charge in [-0.05, 0) is 32.4 Å². The minimum atomic E-state index is -0.933. The molecule has 0 saturated heterocycles. The average molecular weight is 349 g/mol. The van der Waals surface area contributed by atoms with E-state index in [1.54, 1.807) is 0 Å². The fraction of sp³-hybridized carbons (Fsp3) is 0.444. The van der Waals surface area contributed by atoms with Crippen LogP contribution in [0.3, 0.4) is 0 Å². The molecule has 4 N–H and O–H groups in total. The highest BCUT2D eigenvalue weighted by Gasteiger charge is 2.27. The fourth-order valence-electron chi connectivity index (χ4n) is 2.06. The Labute approximate surface area is 148 Å². The van der Waals surface area contributed by atoms with Crippen LogP contribution in [0.15, 0.2) is 18.2 Å². The molecule has 0 aromatic heterocycles. The molecule has 1 aromatic carbocycles. The van der Waals surface area contributed by atoms with Crippen molar-refractivity contribution in [2.45, 2.75) is 53.0 Å². The second-order valence-electron chi connectivity index (χ2n) is 5.71. The van der Waals surface area contributed by atoms with Gasteiger partial charge in [-0.25, -0.2) is 5.84 Å². The monoisotopic (exact) mass is 349 g/mol. The van der Waals surface area contributed by atoms with Crippen molar-refractivity contribution < 1.29 is 19.2 Å². The lowest BCUT2D eigenvalue weighted by Crippen LogP contribution is -2.49. The number of carbonyl (C=O) groups excluding carboxylic acids is 4. The topological polar surface area (TPSA) is 124 Å². The van der Waals surface area contributed by atoms with Crippen LogP contribution in [0.1, 0.15) is 67.7 Å². The van der Waals surface area contributed by atoms with Crippen molar-refractivity contribution in [1.82, 2.24) is 5.01 Å². The molecule has 0 aliphatic carbocycles. The number of hydrogen-bond donors (Lipinski definition) is 2. The van der Waals surface area contributed by atoms with Crippen LogP contribution in [0.5, 0.6) is 0 Å². The van der Waals surface area contributed by atoms with E-state index >= 15 is 0 Å². The maximum absolute atomic E-state index is 12.4. The van der Waals surface area contributed by atoms with Gasteiger partial charge in [-0.3, -0.25) is 19.4 Å². The van der Waals surface area contributed by atoms with Gasteiger partial charge in [0.25, 0.3) is 5.91 Å². The summed E-state index contributed by atoms with van der Waals surface area (Å²) in [6.45, 7) is 6.93. The maximum Gasteiger partial charge on any atom is 0.269 e. The number of nitrogens with zero attached hydrogens (tertiary/aromatic N) is 1. The Morgan fingerprint density at radius 2 is 1.76 bits per heavy atom. The molecule has 1 unspecified atom stereocenters. The van der Waals surface area contributed by atoms with E-state index < -0.39 is 11.9 Å². The predicted molar refractivity (Wildman–Crippen MR) is 96.9 cm³/mol. The first-order valence-corrected chi connectivity index (χ1v) is 8.12. The van der Waals surface area contributed by atoms with Crippen molar-refractivity contribution in [3.8, 4) is 0 Å². The molecule has 1 amide bonds. The maximum atomic E-state index is 12.4. The summed E-state index contributed by atoms with van der Waals surface area (Å²) in [7, 11) is 0. The van der Waals surface area contributed by atoms with Crippen LogP contribution >= 0.6 is 0 Å². The number of aldehydes is 1. The molecule has 138 valence electrons. The van der Waals surface area contributed by atoms with E-state index in [9.17, 15) is 19.2 Å². The van der Waals surface area contributed by atoms with Crippen LogP contribution in [-0.2, 0) is 9.59 Å². The van der Waals surface area contributed by atoms with Gasteiger partial charge in [0.05, 0.1) is 11.1 Å². The van der Waals surface area contributed by atoms with Crippen molar-refractivity contribution in [2.24, 2.45) is 5.84 Å². The van der Waals surface area contributed by atoms with Gasteiger partial charge in [-0.1, -0.05) is 26.3 Å². The number of Topliss-reactive ketones (excluding diaryl/α,β-unsaturated/α-hetero) is 2. The summed E-state index contributed by atoms with van der Waals surface area (Å²) in [6.07, 6.45) is 1.98. The third-order valence-electron chi connectivity index (χ3n) is 3.30. The minimum absolute atomic E-state index is 0.0200. The van der Waals surface area contributed by atoms with Gasteiger partial charge >= 0.3 is 0 Å². The van der Waals surface area contributed by atoms with Crippen LogP contribution in [0.25, 0.3) is 0 Å². The van der Waals surface area contributed by atoms with E-state index in [1.807, 2.05) is 0 Å². The predicted octanol–water partition coefficient (Wildman–Crippen LogP) is 2.14. The van der Waals surface area contributed by atoms with Crippen LogP contribution in [0, 0.1) is 0 Å². The van der Waals surface area contributed by atoms with E-state index in [-0.39, 0.29) is 41.2 Å². The molecule has 0 saturated carbocycles. The van der Waals surface area contributed by atoms with Crippen molar-refractivity contribution in [3.63, 3.8) is 0 Å². The second kappa shape index (κ2) is 11.1. The molecule has 0 radical (unpaired) electrons. The van der Waals surface area contributed by atoms with Crippen molar-refractivity contribution >= 4 is 29.4 Å². The average Bonchev–Trinajstić information content (AvgIpc) is 2.54. The number of hydrogen-bond acceptors (Lipinski definition) is 6. The normalized spacial score (nSPS) is 10.9. The van der Waals surface area contributed by atoms with Gasteiger partial charge in [0.2, 0.25) is 0 Å². The Bertz CT molecular complexity index is 629. The van der Waals surface area contributed by atoms with Gasteiger partial charge in [0.15, 0.2) is 12.1 Å². The summed E-state index contributed by atoms with van der Waals surface area (Å²) in [5.74, 6) is 4.61. The molecule has 0 aliphatic heterocycles. The molecule has 7 nitrogen and oxygen atoms in total. The number of nitrogen functional groups attached to an aromatic ring is 1. The summed E-state index contributed by atoms with van der Waals surface area (Å²) in [4.78, 5) is 46.2. The molecule has 0 bridgehead atoms. The minimum Gasteiger partial charge on any atom is -0.398 e. The van der Waals surface area contributed by atoms with Crippen LogP contribution in [0.4, 0.5) is 5.69 Å². The lowest BCUT2D eigenvalue weighted by molar-refractivity contribution is -0.122. The van der Waals surface area contributed by atoms with Crippen molar-refractivity contribution in [2.75, 3.05) is 5.73 Å². The Morgan fingerprint density at radius 3 is 2.20 bits per heavy atom. The van der Waals surface area contributed by atoms with Gasteiger partial charge in [-0.15, -0.1) is 0 Å². The molecule has 1 rings (SSSR count). The molecule has 0 spiro atoms. The van der Waals surface area contributed by atoms with E-state index in [1.165, 1.54) is 38.5 Å². The van der Waals surface area contributed by atoms with Gasteiger partial charge in [0.1, 0.15) is 11.8 Å². The molecule has 0 fully saturated rings. The summed E-state index contributed by atoms with van der Waals surface area (Å²) < 4.78 is 0. The quantitative estimate of drug-likeness (QED) is 0.255. The largest absolute Gasteiger partial charge is 0.398 e. The summed E-state index contributed by atoms with van der Waals surface area (Å²) in [6, 6.07) is 3.48. The first-order chi connectivity index (χ1) is 11.7. The Morgan fingerprint density at radius 1 is 1.20 bits per heavy atom. The zero-order valence-corrected chi connectivity index (χ0v) is 15.2. The van der Waals surface area contributed by atoms with Crippen LogP contribution in [0.2, 0.25) is 0 Å². The summed E-state index contributed by atoms with van der Waals surface area (Å²) in [5.41, 5.74) is 5.84. The van der Waals surface area contributed by atoms with Gasteiger partial charge in [0, 0.05) is 12.1 Å². The number of carbonyl (C=O) groups is 4. The Balaban J connectivity index is 0.00000178. The zero-order valence-electron chi connectivity index (χ0n) is 15.2. The highest BCUT2D eigenvalue weighted by Crippen LogP contribution is 2.18. The van der Waals surface area contributed by atoms with Gasteiger partial charge < -0.3 is 10.5 Å². The number of rotatable bonds is 7. The van der Waals surface area contributed by atoms with Crippen LogP contribution in [-0.4, -0.2) is 34.8 Å². The number of ketones is 2. The highest BCUT2D eigenvalue weighted by atomic mass is 16.2. The SMILES string of the molecule is CC(=O)CCC(C(C)=O)N(N)C(=O)c1cccc(N)c1C=O.CCC. The lowest BCUT2D eigenvalue weighted by Gasteiger charge is -2.25. The van der Waals surface area contributed by atoms with E-state index in [4.69, 9.17) is 11.6 Å². The number of nitrogens with two attached hydrogens (primary N) is 2. The number of benzene rings is 1. The van der Waals surface area contributed by atoms with Crippen LogP contribution < -0.4 is 11.6 Å².